The molecular weight excluding hydrogens is 547 g/mol. The monoisotopic (exact) mass is 578 g/mol. The highest BCUT2D eigenvalue weighted by atomic mass is 35.5. The average molecular weight is 579 g/mol. The minimum absolute atomic E-state index is 0.112. The Kier molecular flexibility index (Phi) is 7.99. The third kappa shape index (κ3) is 5.70. The van der Waals surface area contributed by atoms with Gasteiger partial charge in [0, 0.05) is 19.1 Å². The molecule has 0 bridgehead atoms. The Morgan fingerprint density at radius 2 is 1.82 bits per heavy atom. The van der Waals surface area contributed by atoms with Crippen LogP contribution < -0.4 is 25.7 Å². The van der Waals surface area contributed by atoms with Gasteiger partial charge in [0.1, 0.15) is 23.4 Å². The van der Waals surface area contributed by atoms with Crippen molar-refractivity contribution in [3.8, 4) is 5.88 Å². The van der Waals surface area contributed by atoms with E-state index in [0.717, 1.165) is 31.1 Å². The summed E-state index contributed by atoms with van der Waals surface area (Å²) in [5, 5.41) is 10.5. The fourth-order valence-electron chi connectivity index (χ4n) is 4.79. The van der Waals surface area contributed by atoms with Crippen molar-refractivity contribution in [1.29, 1.82) is 0 Å². The highest BCUT2D eigenvalue weighted by Gasteiger charge is 2.30. The van der Waals surface area contributed by atoms with Gasteiger partial charge in [0.15, 0.2) is 0 Å². The summed E-state index contributed by atoms with van der Waals surface area (Å²) in [6.45, 7) is 7.51. The number of anilines is 5. The van der Waals surface area contributed by atoms with Crippen molar-refractivity contribution in [2.24, 2.45) is 0 Å². The summed E-state index contributed by atoms with van der Waals surface area (Å²) in [5.41, 5.74) is 6.36. The number of likely N-dealkylation sites (tertiary alicyclic amines) is 1. The number of aromatic nitrogens is 6. The van der Waals surface area contributed by atoms with E-state index >= 15 is 0 Å². The molecule has 0 aliphatic carbocycles. The van der Waals surface area contributed by atoms with E-state index in [2.05, 4.69) is 39.9 Å². The SMILES string of the molecule is COc1nc(P(C)(C)=O)cnc1N(c1ncc(Cl)c(N)n1)c1nnc(N2CCC(N3CCCCC3)CC2)s1. The zero-order valence-electron chi connectivity index (χ0n) is 21.7. The largest absolute Gasteiger partial charge is 0.478 e. The molecule has 12 nitrogen and oxygen atoms in total. The molecule has 2 aliphatic rings. The second-order valence-electron chi connectivity index (χ2n) is 9.83. The number of hydrogen-bond acceptors (Lipinski definition) is 13. The zero-order valence-corrected chi connectivity index (χ0v) is 24.2. The van der Waals surface area contributed by atoms with E-state index in [1.54, 1.807) is 18.2 Å². The first-order valence-corrected chi connectivity index (χ1v) is 16.4. The van der Waals surface area contributed by atoms with E-state index in [-0.39, 0.29) is 28.5 Å². The number of ether oxygens (including phenoxy) is 1. The van der Waals surface area contributed by atoms with Crippen LogP contribution in [0.1, 0.15) is 32.1 Å². The van der Waals surface area contributed by atoms with Gasteiger partial charge in [-0.2, -0.15) is 4.98 Å². The van der Waals surface area contributed by atoms with Gasteiger partial charge >= 0.3 is 0 Å². The van der Waals surface area contributed by atoms with Gasteiger partial charge in [-0.25, -0.2) is 19.9 Å². The lowest BCUT2D eigenvalue weighted by Gasteiger charge is -2.40. The van der Waals surface area contributed by atoms with Crippen LogP contribution in [-0.4, -0.2) is 87.7 Å². The fraction of sp³-hybridized carbons (Fsp3) is 0.565. The third-order valence-electron chi connectivity index (χ3n) is 6.86. The van der Waals surface area contributed by atoms with E-state index in [1.165, 1.54) is 63.2 Å². The number of piperidine rings is 2. The van der Waals surface area contributed by atoms with Gasteiger partial charge in [0.05, 0.1) is 19.5 Å². The topological polar surface area (TPSA) is 139 Å². The number of halogens is 1. The first-order chi connectivity index (χ1) is 18.2. The molecule has 0 aromatic carbocycles. The van der Waals surface area contributed by atoms with E-state index in [1.807, 2.05) is 0 Å². The highest BCUT2D eigenvalue weighted by molar-refractivity contribution is 7.69. The molecular formula is C23H32ClN10O2PS. The smallest absolute Gasteiger partial charge is 0.259 e. The molecule has 15 heteroatoms. The van der Waals surface area contributed by atoms with Crippen molar-refractivity contribution in [1.82, 2.24) is 35.0 Å². The second kappa shape index (κ2) is 11.3. The van der Waals surface area contributed by atoms with E-state index in [0.29, 0.717) is 16.6 Å². The molecule has 204 valence electrons. The van der Waals surface area contributed by atoms with Crippen LogP contribution >= 0.6 is 30.1 Å². The van der Waals surface area contributed by atoms with Crippen molar-refractivity contribution in [2.45, 2.75) is 38.1 Å². The molecule has 0 spiro atoms. The van der Waals surface area contributed by atoms with Crippen molar-refractivity contribution < 1.29 is 9.30 Å². The van der Waals surface area contributed by atoms with Crippen LogP contribution in [0.4, 0.5) is 27.8 Å². The van der Waals surface area contributed by atoms with Gasteiger partial charge in [-0.05, 0) is 52.1 Å². The summed E-state index contributed by atoms with van der Waals surface area (Å²) in [5.74, 6) is 0.733. The summed E-state index contributed by atoms with van der Waals surface area (Å²) < 4.78 is 18.2. The summed E-state index contributed by atoms with van der Waals surface area (Å²) in [4.78, 5) is 24.2. The molecule has 0 radical (unpaired) electrons. The molecule has 38 heavy (non-hydrogen) atoms. The first-order valence-electron chi connectivity index (χ1n) is 12.6. The predicted molar refractivity (Wildman–Crippen MR) is 151 cm³/mol. The minimum Gasteiger partial charge on any atom is -0.478 e. The van der Waals surface area contributed by atoms with Gasteiger partial charge in [-0.1, -0.05) is 29.4 Å². The first kappa shape index (κ1) is 27.0. The summed E-state index contributed by atoms with van der Waals surface area (Å²) in [6.07, 6.45) is 9.03. The normalized spacial score (nSPS) is 17.5. The standard InChI is InChI=1S/C23H32ClN10O2PS/c1-36-20-19(26-14-17(28-20)37(2,3)35)34(21-27-13-16(24)18(25)29-21)23-31-30-22(38-23)33-11-7-15(8-12-33)32-9-5-4-6-10-32/h13-15H,4-12H2,1-3H3,(H2,25,27,29). The molecule has 0 atom stereocenters. The number of nitrogen functional groups attached to an aromatic ring is 1. The Morgan fingerprint density at radius 1 is 1.08 bits per heavy atom. The van der Waals surface area contributed by atoms with E-state index in [9.17, 15) is 4.57 Å². The molecule has 2 N–H and O–H groups in total. The second-order valence-corrected chi connectivity index (χ2v) is 14.3. The van der Waals surface area contributed by atoms with Crippen LogP contribution in [0, 0.1) is 0 Å². The number of methoxy groups -OCH3 is 1. The summed E-state index contributed by atoms with van der Waals surface area (Å²) in [7, 11) is -1.20. The molecule has 0 unspecified atom stereocenters. The summed E-state index contributed by atoms with van der Waals surface area (Å²) in [6, 6.07) is 0.632. The van der Waals surface area contributed by atoms with Crippen LogP contribution in [0.2, 0.25) is 5.02 Å². The van der Waals surface area contributed by atoms with Crippen LogP contribution in [-0.2, 0) is 4.57 Å². The Hall–Kier alpha value is -2.60. The number of nitrogens with zero attached hydrogens (tertiary/aromatic N) is 9. The van der Waals surface area contributed by atoms with E-state index < -0.39 is 7.14 Å². The maximum Gasteiger partial charge on any atom is 0.259 e. The van der Waals surface area contributed by atoms with Gasteiger partial charge in [0.25, 0.3) is 5.88 Å². The van der Waals surface area contributed by atoms with E-state index in [4.69, 9.17) is 22.1 Å². The molecule has 2 aliphatic heterocycles. The van der Waals surface area contributed by atoms with Crippen molar-refractivity contribution in [2.75, 3.05) is 62.2 Å². The van der Waals surface area contributed by atoms with Gasteiger partial charge in [0.2, 0.25) is 22.0 Å². The van der Waals surface area contributed by atoms with Crippen LogP contribution in [0.25, 0.3) is 0 Å². The van der Waals surface area contributed by atoms with Gasteiger partial charge < -0.3 is 24.8 Å². The Balaban J connectivity index is 1.45. The molecule has 5 heterocycles. The minimum atomic E-state index is -2.67. The maximum atomic E-state index is 12.6. The zero-order chi connectivity index (χ0) is 26.9. The van der Waals surface area contributed by atoms with Crippen LogP contribution in [0.5, 0.6) is 5.88 Å². The quantitative estimate of drug-likeness (QED) is 0.410. The lowest BCUT2D eigenvalue weighted by atomic mass is 10.0. The molecule has 3 aromatic rings. The lowest BCUT2D eigenvalue weighted by Crippen LogP contribution is -2.46. The Labute approximate surface area is 231 Å². The molecule has 0 saturated carbocycles. The van der Waals surface area contributed by atoms with Gasteiger partial charge in [-0.15, -0.1) is 10.2 Å². The molecule has 5 rings (SSSR count). The fourth-order valence-corrected chi connectivity index (χ4v) is 6.44. The van der Waals surface area contributed by atoms with Crippen molar-refractivity contribution in [3.05, 3.63) is 17.4 Å². The van der Waals surface area contributed by atoms with Crippen molar-refractivity contribution >= 4 is 63.4 Å². The van der Waals surface area contributed by atoms with Gasteiger partial charge in [-0.3, -0.25) is 0 Å². The van der Waals surface area contributed by atoms with Crippen LogP contribution in [0.3, 0.4) is 0 Å². The third-order valence-corrected chi connectivity index (χ3v) is 9.44. The number of nitrogens with two attached hydrogens (primary N) is 1. The molecule has 2 saturated heterocycles. The lowest BCUT2D eigenvalue weighted by molar-refractivity contribution is 0.141. The van der Waals surface area contributed by atoms with Crippen LogP contribution in [0.15, 0.2) is 12.4 Å². The van der Waals surface area contributed by atoms with Crippen molar-refractivity contribution in [3.63, 3.8) is 0 Å². The Morgan fingerprint density at radius 3 is 2.47 bits per heavy atom. The number of hydrogen-bond donors (Lipinski definition) is 1. The molecule has 2 fully saturated rings. The molecule has 0 amide bonds. The number of rotatable bonds is 7. The average Bonchev–Trinajstić information content (AvgIpc) is 3.41. The highest BCUT2D eigenvalue weighted by Crippen LogP contribution is 2.41. The maximum absolute atomic E-state index is 12.6. The molecule has 3 aromatic heterocycles. The summed E-state index contributed by atoms with van der Waals surface area (Å²) >= 11 is 7.49. The Bertz CT molecular complexity index is 1320. The predicted octanol–water partition coefficient (Wildman–Crippen LogP) is 3.53.